The number of aliphatic hydroxyl groups excluding tert-OH is 2. The predicted molar refractivity (Wildman–Crippen MR) is 74.4 cm³/mol. The lowest BCUT2D eigenvalue weighted by molar-refractivity contribution is -0.139. The van der Waals surface area contributed by atoms with Crippen LogP contribution < -0.4 is 0 Å². The standard InChI is InChI=1S/C14H22N2O4/c1-2-3-6-16(8-9-17)7-4-5-13(12-15)14(19)20-11-10-18/h4-5,7,17-18H,2-3,6,8-11H2,1H3. The molecule has 0 aromatic rings. The molecule has 0 heterocycles. The van der Waals surface area contributed by atoms with Gasteiger partial charge in [0.15, 0.2) is 0 Å². The first-order chi connectivity index (χ1) is 9.69. The van der Waals surface area contributed by atoms with Crippen LogP contribution in [0.1, 0.15) is 19.8 Å². The summed E-state index contributed by atoms with van der Waals surface area (Å²) in [5.74, 6) is -0.756. The van der Waals surface area contributed by atoms with Crippen LogP contribution in [0.25, 0.3) is 0 Å². The van der Waals surface area contributed by atoms with Crippen LogP contribution in [0, 0.1) is 11.3 Å². The fraction of sp³-hybridized carbons (Fsp3) is 0.571. The second-order valence-electron chi connectivity index (χ2n) is 4.01. The minimum absolute atomic E-state index is 0.0431. The third-order valence-electron chi connectivity index (χ3n) is 2.41. The van der Waals surface area contributed by atoms with Crippen molar-refractivity contribution in [3.8, 4) is 6.07 Å². The van der Waals surface area contributed by atoms with Gasteiger partial charge in [-0.05, 0) is 24.8 Å². The van der Waals surface area contributed by atoms with Crippen LogP contribution in [0.15, 0.2) is 23.9 Å². The number of carbonyl (C=O) groups excluding carboxylic acids is 1. The first kappa shape index (κ1) is 18.2. The zero-order valence-electron chi connectivity index (χ0n) is 11.8. The zero-order chi connectivity index (χ0) is 15.2. The van der Waals surface area contributed by atoms with Crippen LogP contribution in [-0.2, 0) is 9.53 Å². The van der Waals surface area contributed by atoms with Crippen molar-refractivity contribution in [2.75, 3.05) is 32.9 Å². The average Bonchev–Trinajstić information content (AvgIpc) is 2.46. The Kier molecular flexibility index (Phi) is 11.1. The molecule has 0 unspecified atom stereocenters. The van der Waals surface area contributed by atoms with E-state index in [1.807, 2.05) is 4.90 Å². The highest BCUT2D eigenvalue weighted by Crippen LogP contribution is 2.00. The molecule has 0 saturated heterocycles. The maximum atomic E-state index is 11.4. The molecule has 0 radical (unpaired) electrons. The van der Waals surface area contributed by atoms with E-state index < -0.39 is 5.97 Å². The predicted octanol–water partition coefficient (Wildman–Crippen LogP) is 0.580. The van der Waals surface area contributed by atoms with Crippen LogP contribution in [0.4, 0.5) is 0 Å². The van der Waals surface area contributed by atoms with Gasteiger partial charge in [-0.1, -0.05) is 13.3 Å². The molecule has 0 amide bonds. The largest absolute Gasteiger partial charge is 0.459 e. The molecule has 0 aliphatic carbocycles. The Labute approximate surface area is 119 Å². The molecule has 0 aliphatic rings. The lowest BCUT2D eigenvalue weighted by Crippen LogP contribution is -2.22. The summed E-state index contributed by atoms with van der Waals surface area (Å²) < 4.78 is 4.65. The van der Waals surface area contributed by atoms with Crippen molar-refractivity contribution in [1.82, 2.24) is 4.90 Å². The number of hydrogen-bond donors (Lipinski definition) is 2. The van der Waals surface area contributed by atoms with E-state index in [0.717, 1.165) is 19.4 Å². The van der Waals surface area contributed by atoms with Gasteiger partial charge < -0.3 is 19.8 Å². The normalized spacial score (nSPS) is 11.4. The van der Waals surface area contributed by atoms with E-state index in [1.165, 1.54) is 6.08 Å². The zero-order valence-corrected chi connectivity index (χ0v) is 11.8. The second-order valence-corrected chi connectivity index (χ2v) is 4.01. The van der Waals surface area contributed by atoms with Crippen LogP contribution in [0.3, 0.4) is 0 Å². The Bertz CT molecular complexity index is 372. The van der Waals surface area contributed by atoms with Crippen molar-refractivity contribution in [3.63, 3.8) is 0 Å². The van der Waals surface area contributed by atoms with Crippen molar-refractivity contribution in [1.29, 1.82) is 5.26 Å². The first-order valence-corrected chi connectivity index (χ1v) is 6.61. The highest BCUT2D eigenvalue weighted by atomic mass is 16.5. The average molecular weight is 282 g/mol. The summed E-state index contributed by atoms with van der Waals surface area (Å²) in [5, 5.41) is 26.3. The van der Waals surface area contributed by atoms with Gasteiger partial charge in [0, 0.05) is 13.1 Å². The fourth-order valence-electron chi connectivity index (χ4n) is 1.38. The summed E-state index contributed by atoms with van der Waals surface area (Å²) in [5.41, 5.74) is -0.130. The number of aliphatic hydroxyl groups is 2. The molecule has 0 rings (SSSR count). The van der Waals surface area contributed by atoms with Crippen LogP contribution >= 0.6 is 0 Å². The monoisotopic (exact) mass is 282 g/mol. The molecule has 0 aliphatic heterocycles. The summed E-state index contributed by atoms with van der Waals surface area (Å²) in [4.78, 5) is 13.3. The van der Waals surface area contributed by atoms with Gasteiger partial charge in [0.25, 0.3) is 0 Å². The molecule has 0 atom stereocenters. The third kappa shape index (κ3) is 8.29. The van der Waals surface area contributed by atoms with Gasteiger partial charge in [0.05, 0.1) is 13.2 Å². The minimum atomic E-state index is -0.756. The lowest BCUT2D eigenvalue weighted by atomic mass is 10.2. The van der Waals surface area contributed by atoms with Gasteiger partial charge in [-0.25, -0.2) is 4.79 Å². The van der Waals surface area contributed by atoms with Gasteiger partial charge in [-0.15, -0.1) is 0 Å². The van der Waals surface area contributed by atoms with Gasteiger partial charge >= 0.3 is 5.97 Å². The number of nitrogens with zero attached hydrogens (tertiary/aromatic N) is 2. The molecule has 20 heavy (non-hydrogen) atoms. The van der Waals surface area contributed by atoms with Gasteiger partial charge in [-0.3, -0.25) is 0 Å². The molecule has 0 aromatic carbocycles. The van der Waals surface area contributed by atoms with E-state index in [9.17, 15) is 4.79 Å². The molecule has 2 N–H and O–H groups in total. The number of unbranched alkanes of at least 4 members (excludes halogenated alkanes) is 1. The van der Waals surface area contributed by atoms with E-state index in [4.69, 9.17) is 15.5 Å². The van der Waals surface area contributed by atoms with E-state index >= 15 is 0 Å². The highest BCUT2D eigenvalue weighted by Gasteiger charge is 2.08. The van der Waals surface area contributed by atoms with Crippen molar-refractivity contribution >= 4 is 5.97 Å². The van der Waals surface area contributed by atoms with Crippen LogP contribution in [0.5, 0.6) is 0 Å². The summed E-state index contributed by atoms with van der Waals surface area (Å²) in [7, 11) is 0. The number of allylic oxidation sites excluding steroid dienone is 2. The molecule has 0 spiro atoms. The Balaban J connectivity index is 4.54. The molecule has 0 fully saturated rings. The maximum Gasteiger partial charge on any atom is 0.348 e. The van der Waals surface area contributed by atoms with E-state index in [0.29, 0.717) is 6.54 Å². The molecule has 112 valence electrons. The SMILES string of the molecule is CCCCN(C=CC=C(C#N)C(=O)OCCO)CCO. The molecule has 6 nitrogen and oxygen atoms in total. The number of rotatable bonds is 10. The number of esters is 1. The number of hydrogen-bond acceptors (Lipinski definition) is 6. The van der Waals surface area contributed by atoms with E-state index in [2.05, 4.69) is 11.7 Å². The van der Waals surface area contributed by atoms with E-state index in [-0.39, 0.29) is 25.4 Å². The van der Waals surface area contributed by atoms with Gasteiger partial charge in [0.1, 0.15) is 18.2 Å². The summed E-state index contributed by atoms with van der Waals surface area (Å²) in [6.07, 6.45) is 6.70. The maximum absolute atomic E-state index is 11.4. The summed E-state index contributed by atoms with van der Waals surface area (Å²) >= 11 is 0. The molecular formula is C14H22N2O4. The van der Waals surface area contributed by atoms with Gasteiger partial charge in [0.2, 0.25) is 0 Å². The van der Waals surface area contributed by atoms with Crippen molar-refractivity contribution in [2.24, 2.45) is 0 Å². The van der Waals surface area contributed by atoms with Crippen LogP contribution in [-0.4, -0.2) is 54.0 Å². The Hall–Kier alpha value is -1.84. The van der Waals surface area contributed by atoms with Gasteiger partial charge in [-0.2, -0.15) is 5.26 Å². The molecular weight excluding hydrogens is 260 g/mol. The molecule has 0 aromatic heterocycles. The molecule has 6 heteroatoms. The molecule has 0 bridgehead atoms. The molecule has 0 saturated carbocycles. The van der Waals surface area contributed by atoms with Crippen molar-refractivity contribution < 1.29 is 19.7 Å². The minimum Gasteiger partial charge on any atom is -0.459 e. The van der Waals surface area contributed by atoms with Crippen molar-refractivity contribution in [3.05, 3.63) is 23.9 Å². The summed E-state index contributed by atoms with van der Waals surface area (Å²) in [6, 6.07) is 1.75. The fourth-order valence-corrected chi connectivity index (χ4v) is 1.38. The van der Waals surface area contributed by atoms with Crippen molar-refractivity contribution in [2.45, 2.75) is 19.8 Å². The Morgan fingerprint density at radius 3 is 2.65 bits per heavy atom. The number of ether oxygens (including phenoxy) is 1. The number of nitriles is 1. The van der Waals surface area contributed by atoms with E-state index in [1.54, 1.807) is 18.3 Å². The number of carbonyl (C=O) groups is 1. The first-order valence-electron chi connectivity index (χ1n) is 6.61. The topological polar surface area (TPSA) is 93.8 Å². The Morgan fingerprint density at radius 2 is 2.10 bits per heavy atom. The van der Waals surface area contributed by atoms with Crippen LogP contribution in [0.2, 0.25) is 0 Å². The highest BCUT2D eigenvalue weighted by molar-refractivity contribution is 5.93. The third-order valence-corrected chi connectivity index (χ3v) is 2.41. The summed E-state index contributed by atoms with van der Waals surface area (Å²) in [6.45, 7) is 3.02. The Morgan fingerprint density at radius 1 is 1.35 bits per heavy atom. The quantitative estimate of drug-likeness (QED) is 0.263. The lowest BCUT2D eigenvalue weighted by Gasteiger charge is -2.18. The smallest absolute Gasteiger partial charge is 0.348 e. The second kappa shape index (κ2) is 12.2.